The molecule has 0 spiro atoms. The Morgan fingerprint density at radius 1 is 0.800 bits per heavy atom. The maximum Gasteiger partial charge on any atom is 0.115 e. The molecule has 0 heterocycles. The van der Waals surface area contributed by atoms with Gasteiger partial charge in [-0.2, -0.15) is 0 Å². The fourth-order valence-electron chi connectivity index (χ4n) is 3.17. The Hall–Kier alpha value is -2.45. The first-order chi connectivity index (χ1) is 12.2. The standard InChI is InChI=1S/C22H21ClO2/c23-15-3-6-21(16-4-1-2-5-16)22(17-7-11-19(24)12-8-17)18-9-13-20(25)14-10-18/h1-2,4-5,7-14,16,24-25H,3,6,15H2. The van der Waals surface area contributed by atoms with Crippen molar-refractivity contribution < 1.29 is 10.2 Å². The molecular formula is C22H21ClO2. The van der Waals surface area contributed by atoms with Crippen LogP contribution in [0.2, 0.25) is 0 Å². The van der Waals surface area contributed by atoms with Crippen LogP contribution in [0.1, 0.15) is 24.0 Å². The molecule has 1 aliphatic carbocycles. The molecule has 0 fully saturated rings. The molecule has 3 heteroatoms. The van der Waals surface area contributed by atoms with Crippen molar-refractivity contribution in [1.29, 1.82) is 0 Å². The van der Waals surface area contributed by atoms with Crippen LogP contribution in [0.15, 0.2) is 78.4 Å². The number of hydrogen-bond donors (Lipinski definition) is 2. The topological polar surface area (TPSA) is 40.5 Å². The number of aromatic hydroxyl groups is 2. The number of hydrogen-bond acceptors (Lipinski definition) is 2. The van der Waals surface area contributed by atoms with Gasteiger partial charge in [0.1, 0.15) is 11.5 Å². The molecule has 2 N–H and O–H groups in total. The molecule has 2 aromatic rings. The highest BCUT2D eigenvalue weighted by Crippen LogP contribution is 2.36. The summed E-state index contributed by atoms with van der Waals surface area (Å²) in [6.45, 7) is 0. The second kappa shape index (κ2) is 8.09. The van der Waals surface area contributed by atoms with Crippen molar-refractivity contribution in [2.24, 2.45) is 5.92 Å². The van der Waals surface area contributed by atoms with E-state index in [-0.39, 0.29) is 17.4 Å². The van der Waals surface area contributed by atoms with Crippen LogP contribution in [0.3, 0.4) is 0 Å². The highest BCUT2D eigenvalue weighted by atomic mass is 35.5. The van der Waals surface area contributed by atoms with Crippen molar-refractivity contribution >= 4 is 17.2 Å². The van der Waals surface area contributed by atoms with E-state index in [4.69, 9.17) is 11.6 Å². The van der Waals surface area contributed by atoms with Gasteiger partial charge in [-0.15, -0.1) is 11.6 Å². The van der Waals surface area contributed by atoms with Crippen LogP contribution in [-0.4, -0.2) is 16.1 Å². The molecule has 128 valence electrons. The van der Waals surface area contributed by atoms with Crippen LogP contribution in [0.5, 0.6) is 11.5 Å². The summed E-state index contributed by atoms with van der Waals surface area (Å²) in [6.07, 6.45) is 10.3. The maximum atomic E-state index is 9.65. The molecular weight excluding hydrogens is 332 g/mol. The van der Waals surface area contributed by atoms with Crippen LogP contribution in [0.25, 0.3) is 5.57 Å². The van der Waals surface area contributed by atoms with Gasteiger partial charge in [-0.3, -0.25) is 0 Å². The minimum absolute atomic E-state index is 0.237. The van der Waals surface area contributed by atoms with Crippen molar-refractivity contribution in [1.82, 2.24) is 0 Å². The lowest BCUT2D eigenvalue weighted by Gasteiger charge is -2.20. The first-order valence-electron chi connectivity index (χ1n) is 8.42. The van der Waals surface area contributed by atoms with Crippen molar-refractivity contribution in [3.8, 4) is 11.5 Å². The number of rotatable bonds is 6. The normalized spacial score (nSPS) is 13.3. The van der Waals surface area contributed by atoms with Crippen LogP contribution in [0, 0.1) is 5.92 Å². The summed E-state index contributed by atoms with van der Waals surface area (Å²) in [6, 6.07) is 14.5. The monoisotopic (exact) mass is 352 g/mol. The molecule has 0 aromatic heterocycles. The van der Waals surface area contributed by atoms with Crippen molar-refractivity contribution in [3.63, 3.8) is 0 Å². The van der Waals surface area contributed by atoms with Crippen LogP contribution in [-0.2, 0) is 0 Å². The van der Waals surface area contributed by atoms with Gasteiger partial charge in [0.25, 0.3) is 0 Å². The molecule has 0 aliphatic heterocycles. The Balaban J connectivity index is 2.18. The van der Waals surface area contributed by atoms with E-state index in [0.717, 1.165) is 29.5 Å². The fourth-order valence-corrected chi connectivity index (χ4v) is 3.31. The second-order valence-electron chi connectivity index (χ2n) is 6.08. The minimum atomic E-state index is 0.237. The molecule has 1 aliphatic rings. The van der Waals surface area contributed by atoms with Crippen LogP contribution in [0.4, 0.5) is 0 Å². The van der Waals surface area contributed by atoms with Gasteiger partial charge in [-0.25, -0.2) is 0 Å². The number of phenols is 2. The predicted molar refractivity (Wildman–Crippen MR) is 104 cm³/mol. The Morgan fingerprint density at radius 3 is 1.72 bits per heavy atom. The molecule has 25 heavy (non-hydrogen) atoms. The van der Waals surface area contributed by atoms with Gasteiger partial charge in [0.05, 0.1) is 0 Å². The third-order valence-electron chi connectivity index (χ3n) is 4.36. The zero-order chi connectivity index (χ0) is 17.6. The predicted octanol–water partition coefficient (Wildman–Crippen LogP) is 5.66. The first-order valence-corrected chi connectivity index (χ1v) is 8.95. The van der Waals surface area contributed by atoms with Gasteiger partial charge in [0.15, 0.2) is 0 Å². The number of benzene rings is 2. The smallest absolute Gasteiger partial charge is 0.115 e. The molecule has 2 aromatic carbocycles. The molecule has 0 unspecified atom stereocenters. The first kappa shape index (κ1) is 17.4. The van der Waals surface area contributed by atoms with Crippen molar-refractivity contribution in [2.75, 3.05) is 5.88 Å². The number of allylic oxidation sites excluding steroid dienone is 5. The average Bonchev–Trinajstić information content (AvgIpc) is 3.15. The van der Waals surface area contributed by atoms with Gasteiger partial charge in [-0.1, -0.05) is 54.1 Å². The van der Waals surface area contributed by atoms with Gasteiger partial charge in [0.2, 0.25) is 0 Å². The van der Waals surface area contributed by atoms with Crippen molar-refractivity contribution in [2.45, 2.75) is 12.8 Å². The number of halogens is 1. The number of alkyl halides is 1. The Morgan fingerprint density at radius 2 is 1.28 bits per heavy atom. The molecule has 0 radical (unpaired) electrons. The van der Waals surface area contributed by atoms with E-state index in [9.17, 15) is 10.2 Å². The van der Waals surface area contributed by atoms with Gasteiger partial charge >= 0.3 is 0 Å². The molecule has 0 atom stereocenters. The quantitative estimate of drug-likeness (QED) is 0.658. The van der Waals surface area contributed by atoms with Gasteiger partial charge in [-0.05, 0) is 53.8 Å². The van der Waals surface area contributed by atoms with E-state index in [2.05, 4.69) is 24.3 Å². The van der Waals surface area contributed by atoms with E-state index in [0.29, 0.717) is 5.88 Å². The highest BCUT2D eigenvalue weighted by molar-refractivity contribution is 6.17. The largest absolute Gasteiger partial charge is 0.508 e. The molecule has 0 bridgehead atoms. The summed E-state index contributed by atoms with van der Waals surface area (Å²) in [5.74, 6) is 1.34. The van der Waals surface area contributed by atoms with E-state index in [1.807, 2.05) is 24.3 Å². The lowest BCUT2D eigenvalue weighted by molar-refractivity contribution is 0.475. The van der Waals surface area contributed by atoms with E-state index in [1.54, 1.807) is 24.3 Å². The minimum Gasteiger partial charge on any atom is -0.508 e. The third kappa shape index (κ3) is 4.15. The summed E-state index contributed by atoms with van der Waals surface area (Å²) in [5, 5.41) is 19.3. The molecule has 0 saturated carbocycles. The second-order valence-corrected chi connectivity index (χ2v) is 6.46. The summed E-state index contributed by atoms with van der Waals surface area (Å²) in [5.41, 5.74) is 4.51. The summed E-state index contributed by atoms with van der Waals surface area (Å²) < 4.78 is 0. The average molecular weight is 353 g/mol. The molecule has 0 saturated heterocycles. The van der Waals surface area contributed by atoms with Crippen LogP contribution >= 0.6 is 11.6 Å². The van der Waals surface area contributed by atoms with Gasteiger partial charge < -0.3 is 10.2 Å². The van der Waals surface area contributed by atoms with E-state index in [1.165, 1.54) is 5.57 Å². The zero-order valence-electron chi connectivity index (χ0n) is 13.9. The SMILES string of the molecule is Oc1ccc(C(=C(CCCCl)C2C=CC=C2)c2ccc(O)cc2)cc1. The fraction of sp³-hybridized carbons (Fsp3) is 0.182. The third-order valence-corrected chi connectivity index (χ3v) is 4.63. The lowest BCUT2D eigenvalue weighted by Crippen LogP contribution is -2.03. The Labute approximate surface area is 153 Å². The molecule has 0 amide bonds. The zero-order valence-corrected chi connectivity index (χ0v) is 14.7. The summed E-state index contributed by atoms with van der Waals surface area (Å²) in [4.78, 5) is 0. The summed E-state index contributed by atoms with van der Waals surface area (Å²) in [7, 11) is 0. The van der Waals surface area contributed by atoms with Crippen LogP contribution < -0.4 is 0 Å². The Bertz CT molecular complexity index is 739. The summed E-state index contributed by atoms with van der Waals surface area (Å²) >= 11 is 5.97. The maximum absolute atomic E-state index is 9.65. The number of phenolic OH excluding ortho intramolecular Hbond substituents is 2. The lowest BCUT2D eigenvalue weighted by atomic mass is 9.84. The van der Waals surface area contributed by atoms with E-state index >= 15 is 0 Å². The Kier molecular flexibility index (Phi) is 5.62. The van der Waals surface area contributed by atoms with E-state index < -0.39 is 0 Å². The van der Waals surface area contributed by atoms with Crippen molar-refractivity contribution in [3.05, 3.63) is 89.5 Å². The molecule has 3 rings (SSSR count). The molecule has 2 nitrogen and oxygen atoms in total. The highest BCUT2D eigenvalue weighted by Gasteiger charge is 2.18. The van der Waals surface area contributed by atoms with Gasteiger partial charge in [0, 0.05) is 11.8 Å².